The second-order valence-corrected chi connectivity index (χ2v) is 3.95. The van der Waals surface area contributed by atoms with E-state index in [1.54, 1.807) is 0 Å². The van der Waals surface area contributed by atoms with Gasteiger partial charge in [-0.1, -0.05) is 12.1 Å². The van der Waals surface area contributed by atoms with Crippen molar-refractivity contribution in [3.05, 3.63) is 29.8 Å². The average Bonchev–Trinajstić information content (AvgIpc) is 2.36. The van der Waals surface area contributed by atoms with Crippen LogP contribution in [-0.2, 0) is 9.59 Å². The van der Waals surface area contributed by atoms with Crippen LogP contribution >= 0.6 is 11.6 Å². The minimum atomic E-state index is -3.09. The molecule has 1 unspecified atom stereocenters. The van der Waals surface area contributed by atoms with Crippen LogP contribution in [0.2, 0.25) is 0 Å². The molecule has 0 bridgehead atoms. The minimum Gasteiger partial charge on any atom is -0.497 e. The molecule has 0 aliphatic rings. The van der Waals surface area contributed by atoms with Crippen molar-refractivity contribution in [3.8, 4) is 5.75 Å². The molecule has 0 radical (unpaired) electrons. The van der Waals surface area contributed by atoms with E-state index in [1.165, 1.54) is 31.4 Å². The fourth-order valence-corrected chi connectivity index (χ4v) is 1.65. The van der Waals surface area contributed by atoms with Gasteiger partial charge >= 0.3 is 11.9 Å². The van der Waals surface area contributed by atoms with E-state index in [2.05, 4.69) is 0 Å². The Morgan fingerprint density at radius 2 is 1.67 bits per heavy atom. The Hall–Kier alpha value is -1.79. The third-order valence-corrected chi connectivity index (χ3v) is 3.00. The lowest BCUT2D eigenvalue weighted by molar-refractivity contribution is -0.176. The van der Waals surface area contributed by atoms with E-state index in [4.69, 9.17) is 26.6 Å². The maximum atomic E-state index is 10.9. The highest BCUT2D eigenvalue weighted by Gasteiger charge is 2.52. The largest absolute Gasteiger partial charge is 0.497 e. The molecule has 0 aliphatic heterocycles. The van der Waals surface area contributed by atoms with Crippen LogP contribution < -0.4 is 4.74 Å². The van der Waals surface area contributed by atoms with Crippen molar-refractivity contribution in [1.29, 1.82) is 0 Å². The normalized spacial score (nSPS) is 12.8. The fourth-order valence-electron chi connectivity index (χ4n) is 1.32. The fraction of sp³-hybridized carbons (Fsp3) is 0.273. The van der Waals surface area contributed by atoms with E-state index in [0.29, 0.717) is 5.75 Å². The number of alkyl halides is 1. The Kier molecular flexibility index (Phi) is 4.15. The van der Waals surface area contributed by atoms with Crippen molar-refractivity contribution in [2.45, 2.75) is 11.0 Å². The number of ether oxygens (including phenoxy) is 1. The molecule has 1 aromatic rings. The second kappa shape index (κ2) is 5.24. The number of benzene rings is 1. The van der Waals surface area contributed by atoms with Crippen LogP contribution in [0.15, 0.2) is 24.3 Å². The lowest BCUT2D eigenvalue weighted by Crippen LogP contribution is -2.50. The zero-order chi connectivity index (χ0) is 13.9. The molecule has 0 spiro atoms. The van der Waals surface area contributed by atoms with Crippen LogP contribution in [0.25, 0.3) is 0 Å². The third kappa shape index (κ3) is 2.39. The number of rotatable bonds is 5. The first kappa shape index (κ1) is 14.3. The molecule has 0 heterocycles. The number of halogens is 1. The number of carboxylic acids is 2. The summed E-state index contributed by atoms with van der Waals surface area (Å²) in [5.74, 6) is -3.35. The van der Waals surface area contributed by atoms with E-state index in [-0.39, 0.29) is 5.56 Å². The molecule has 7 heteroatoms. The lowest BCUT2D eigenvalue weighted by atomic mass is 9.94. The summed E-state index contributed by atoms with van der Waals surface area (Å²) in [6.07, 6.45) is 0. The van der Waals surface area contributed by atoms with Crippen molar-refractivity contribution < 1.29 is 29.6 Å². The predicted octanol–water partition coefficient (Wildman–Crippen LogP) is 0.875. The first-order valence-corrected chi connectivity index (χ1v) is 5.24. The SMILES string of the molecule is COc1ccc(C(Cl)C(O)(C(=O)O)C(=O)O)cc1. The Labute approximate surface area is 107 Å². The summed E-state index contributed by atoms with van der Waals surface area (Å²) in [5, 5.41) is 25.6. The molecule has 0 saturated heterocycles. The first-order chi connectivity index (χ1) is 8.33. The lowest BCUT2D eigenvalue weighted by Gasteiger charge is -2.24. The van der Waals surface area contributed by atoms with Crippen LogP contribution in [-0.4, -0.2) is 40.0 Å². The molecule has 0 saturated carbocycles. The van der Waals surface area contributed by atoms with Gasteiger partial charge < -0.3 is 20.1 Å². The summed E-state index contributed by atoms with van der Waals surface area (Å²) < 4.78 is 4.89. The minimum absolute atomic E-state index is 0.157. The summed E-state index contributed by atoms with van der Waals surface area (Å²) >= 11 is 5.75. The summed E-state index contributed by atoms with van der Waals surface area (Å²) in [5.41, 5.74) is -2.93. The molecule has 1 atom stereocenters. The smallest absolute Gasteiger partial charge is 0.349 e. The van der Waals surface area contributed by atoms with Crippen molar-refractivity contribution in [2.24, 2.45) is 0 Å². The Morgan fingerprint density at radius 1 is 1.22 bits per heavy atom. The molecule has 1 aromatic carbocycles. The van der Waals surface area contributed by atoms with Crippen molar-refractivity contribution in [3.63, 3.8) is 0 Å². The zero-order valence-corrected chi connectivity index (χ0v) is 10.1. The summed E-state index contributed by atoms with van der Waals surface area (Å²) in [6, 6.07) is 5.73. The molecule has 0 aliphatic carbocycles. The standard InChI is InChI=1S/C11H11ClO6/c1-18-7-4-2-6(3-5-7)8(12)11(17,9(13)14)10(15)16/h2-5,8,17H,1H3,(H,13,14)(H,15,16). The Balaban J connectivity index is 3.14. The number of carbonyl (C=O) groups is 2. The summed E-state index contributed by atoms with van der Waals surface area (Å²) in [7, 11) is 1.44. The molecule has 98 valence electrons. The predicted molar refractivity (Wildman–Crippen MR) is 61.8 cm³/mol. The maximum Gasteiger partial charge on any atom is 0.349 e. The maximum absolute atomic E-state index is 10.9. The van der Waals surface area contributed by atoms with Gasteiger partial charge in [-0.05, 0) is 17.7 Å². The van der Waals surface area contributed by atoms with Crippen LogP contribution in [0.4, 0.5) is 0 Å². The highest BCUT2D eigenvalue weighted by molar-refractivity contribution is 6.26. The van der Waals surface area contributed by atoms with Crippen LogP contribution in [0.1, 0.15) is 10.9 Å². The number of carboxylic acid groups (broad SMARTS) is 2. The first-order valence-electron chi connectivity index (χ1n) is 4.81. The van der Waals surface area contributed by atoms with E-state index < -0.39 is 22.9 Å². The van der Waals surface area contributed by atoms with Gasteiger partial charge in [0.15, 0.2) is 0 Å². The zero-order valence-electron chi connectivity index (χ0n) is 9.33. The molecule has 0 fully saturated rings. The highest BCUT2D eigenvalue weighted by atomic mass is 35.5. The Morgan fingerprint density at radius 3 is 2.00 bits per heavy atom. The summed E-state index contributed by atoms with van der Waals surface area (Å²) in [4.78, 5) is 21.7. The molecule has 3 N–H and O–H groups in total. The number of aliphatic hydroxyl groups is 1. The number of hydrogen-bond acceptors (Lipinski definition) is 4. The van der Waals surface area contributed by atoms with E-state index in [9.17, 15) is 14.7 Å². The number of aliphatic carboxylic acids is 2. The molecule has 0 aromatic heterocycles. The van der Waals surface area contributed by atoms with Gasteiger partial charge in [-0.15, -0.1) is 11.6 Å². The molecular weight excluding hydrogens is 264 g/mol. The summed E-state index contributed by atoms with van der Waals surface area (Å²) in [6.45, 7) is 0. The highest BCUT2D eigenvalue weighted by Crippen LogP contribution is 2.34. The van der Waals surface area contributed by atoms with Gasteiger partial charge in [0.1, 0.15) is 11.1 Å². The van der Waals surface area contributed by atoms with Crippen LogP contribution in [0.3, 0.4) is 0 Å². The van der Waals surface area contributed by atoms with Gasteiger partial charge in [0.25, 0.3) is 5.60 Å². The van der Waals surface area contributed by atoms with Gasteiger partial charge in [-0.25, -0.2) is 9.59 Å². The Bertz CT molecular complexity index is 441. The topological polar surface area (TPSA) is 104 Å². The van der Waals surface area contributed by atoms with Crippen molar-refractivity contribution in [2.75, 3.05) is 7.11 Å². The second-order valence-electron chi connectivity index (χ2n) is 3.51. The molecule has 0 amide bonds. The quantitative estimate of drug-likeness (QED) is 0.544. The van der Waals surface area contributed by atoms with Gasteiger partial charge in [-0.3, -0.25) is 0 Å². The van der Waals surface area contributed by atoms with Gasteiger partial charge in [0, 0.05) is 0 Å². The molecule has 6 nitrogen and oxygen atoms in total. The van der Waals surface area contributed by atoms with Crippen molar-refractivity contribution in [1.82, 2.24) is 0 Å². The number of hydrogen-bond donors (Lipinski definition) is 3. The molecule has 18 heavy (non-hydrogen) atoms. The number of methoxy groups -OCH3 is 1. The molecule has 1 rings (SSSR count). The van der Waals surface area contributed by atoms with E-state index in [0.717, 1.165) is 0 Å². The average molecular weight is 275 g/mol. The van der Waals surface area contributed by atoms with Gasteiger partial charge in [0.05, 0.1) is 7.11 Å². The third-order valence-electron chi connectivity index (χ3n) is 2.43. The molecular formula is C11H11ClO6. The van der Waals surface area contributed by atoms with E-state index in [1.807, 2.05) is 0 Å². The van der Waals surface area contributed by atoms with Gasteiger partial charge in [-0.2, -0.15) is 0 Å². The monoisotopic (exact) mass is 274 g/mol. The van der Waals surface area contributed by atoms with Gasteiger partial charge in [0.2, 0.25) is 0 Å². The van der Waals surface area contributed by atoms with Crippen LogP contribution in [0.5, 0.6) is 5.75 Å². The van der Waals surface area contributed by atoms with Crippen LogP contribution in [0, 0.1) is 0 Å². The van der Waals surface area contributed by atoms with E-state index >= 15 is 0 Å². The van der Waals surface area contributed by atoms with Crippen molar-refractivity contribution >= 4 is 23.5 Å².